The molecule has 0 amide bonds. The van der Waals surface area contributed by atoms with E-state index < -0.39 is 65.8 Å². The van der Waals surface area contributed by atoms with Crippen molar-refractivity contribution < 1.29 is 102 Å². The Balaban J connectivity index is 0.000000386. The number of benzene rings is 8. The van der Waals surface area contributed by atoms with Crippen molar-refractivity contribution >= 4 is 122 Å². The van der Waals surface area contributed by atoms with Gasteiger partial charge in [0, 0.05) is 35.9 Å². The highest BCUT2D eigenvalue weighted by Gasteiger charge is 2.29. The van der Waals surface area contributed by atoms with Gasteiger partial charge in [0.25, 0.3) is 0 Å². The molecule has 27 heteroatoms. The van der Waals surface area contributed by atoms with E-state index in [1.807, 2.05) is 93.6 Å². The maximum atomic E-state index is 11.1. The summed E-state index contributed by atoms with van der Waals surface area (Å²) in [5.41, 5.74) is 2.06. The third-order valence-electron chi connectivity index (χ3n) is 11.7. The van der Waals surface area contributed by atoms with E-state index in [-0.39, 0.29) is 19.2 Å². The molecular weight excluding hydrogens is 1390 g/mol. The first-order valence-electron chi connectivity index (χ1n) is 28.6. The number of fused-ring (bicyclic) bond motifs is 1. The first-order chi connectivity index (χ1) is 45.5. The number of aryl methyl sites for hydroxylation is 3. The van der Waals surface area contributed by atoms with E-state index in [0.29, 0.717) is 70.4 Å². The molecule has 0 bridgehead atoms. The van der Waals surface area contributed by atoms with Crippen molar-refractivity contribution in [2.45, 2.75) is 92.3 Å². The Bertz CT molecular complexity index is 3810. The predicted molar refractivity (Wildman–Crippen MR) is 371 cm³/mol. The molecule has 0 spiro atoms. The van der Waals surface area contributed by atoms with Crippen LogP contribution >= 0.6 is 69.6 Å². The Morgan fingerprint density at radius 1 is 0.392 bits per heavy atom. The average Bonchev–Trinajstić information content (AvgIpc) is 0.828. The molecule has 0 aromatic heterocycles. The van der Waals surface area contributed by atoms with Crippen LogP contribution in [0.15, 0.2) is 170 Å². The molecule has 520 valence electrons. The van der Waals surface area contributed by atoms with Gasteiger partial charge in [-0.3, -0.25) is 0 Å². The zero-order valence-electron chi connectivity index (χ0n) is 54.0. The van der Waals surface area contributed by atoms with E-state index >= 15 is 0 Å². The molecule has 0 heterocycles. The Labute approximate surface area is 590 Å². The molecule has 0 radical (unpaired) electrons. The number of para-hydroxylation sites is 1. The van der Waals surface area contributed by atoms with E-state index in [1.165, 1.54) is 66.0 Å². The maximum Gasteiger partial charge on any atom is 0.347 e. The van der Waals surface area contributed by atoms with Crippen LogP contribution < -0.4 is 33.2 Å². The standard InChI is InChI=1S/C12H9ClO3.C11H14O3.2C10H12O3.2C9H8Cl2O3.C9H9ClO3/c13-10-5-6-11(16-7-12(14)15)9-4-2-1-3-8(9)10;1-8-5-4-6-10(7-8)14-9(2)11(12)13-3;1-7-3-8(2)5-9(4-7)13-6-10(11)12;1-10(2,9(11)12)13-8-6-4-3-5-7-8;1-5(9(12)13)14-8-3-6(10)2-7(11)4-8;1-5(9(12)13)14-8-3-2-6(10)4-7(8)11;1-6(9(11)12)13-8-4-2-7(10)3-5-8/h1-6H,7H2,(H,14,15);4-7,9H,1-3H3;3-5H,6H2,1-2H3,(H,11,12);3-7H,1-2H3,(H,11,12);2*2-5H,1H3,(H,12,13);2-6H,1H3,(H,11,12). The Hall–Kier alpha value is -9.35. The molecule has 21 nitrogen and oxygen atoms in total. The van der Waals surface area contributed by atoms with Gasteiger partial charge in [0.2, 0.25) is 0 Å². The Kier molecular flexibility index (Phi) is 37.1. The Morgan fingerprint density at radius 3 is 1.36 bits per heavy atom. The van der Waals surface area contributed by atoms with E-state index in [9.17, 15) is 33.6 Å². The van der Waals surface area contributed by atoms with Gasteiger partial charge >= 0.3 is 41.8 Å². The predicted octanol–water partition coefficient (Wildman–Crippen LogP) is 16.5. The average molecular weight is 1460 g/mol. The fourth-order valence-corrected chi connectivity index (χ4v) is 8.34. The maximum absolute atomic E-state index is 11.1. The van der Waals surface area contributed by atoms with E-state index in [0.717, 1.165) is 27.5 Å². The van der Waals surface area contributed by atoms with Gasteiger partial charge < -0.3 is 68.5 Å². The number of methoxy groups -OCH3 is 1. The number of carbonyl (C=O) groups is 7. The zero-order chi connectivity index (χ0) is 73.1. The SMILES string of the molecule is CC(C)(Oc1ccccc1)C(=O)O.CC(Oc1cc(Cl)cc(Cl)c1)C(=O)O.CC(Oc1ccc(Cl)cc1)C(=O)O.CC(Oc1ccc(Cl)cc1Cl)C(=O)O.COC(=O)C(C)Oc1cccc(C)c1.Cc1cc(C)cc(OCC(=O)O)c1.O=C(O)COc1ccc(Cl)c2ccccc12. The van der Waals surface area contributed by atoms with Crippen molar-refractivity contribution in [3.8, 4) is 40.2 Å². The van der Waals surface area contributed by atoms with Crippen LogP contribution in [0.2, 0.25) is 30.1 Å². The molecule has 0 aliphatic rings. The molecule has 0 aliphatic heterocycles. The van der Waals surface area contributed by atoms with Gasteiger partial charge in [0.15, 0.2) is 43.2 Å². The monoisotopic (exact) mass is 1460 g/mol. The van der Waals surface area contributed by atoms with Crippen molar-refractivity contribution in [2.75, 3.05) is 20.3 Å². The summed E-state index contributed by atoms with van der Waals surface area (Å²) in [7, 11) is 1.35. The summed E-state index contributed by atoms with van der Waals surface area (Å²) < 4.78 is 40.6. The van der Waals surface area contributed by atoms with Crippen LogP contribution in [-0.2, 0) is 38.3 Å². The minimum Gasteiger partial charge on any atom is -0.482 e. The fraction of sp³-hybridized carbons (Fsp3) is 0.243. The van der Waals surface area contributed by atoms with E-state index in [2.05, 4.69) is 4.74 Å². The van der Waals surface area contributed by atoms with Gasteiger partial charge in [-0.1, -0.05) is 130 Å². The molecule has 4 unspecified atom stereocenters. The van der Waals surface area contributed by atoms with E-state index in [4.69, 9.17) is 133 Å². The van der Waals surface area contributed by atoms with Gasteiger partial charge in [-0.2, -0.15) is 0 Å². The second kappa shape index (κ2) is 43.0. The largest absolute Gasteiger partial charge is 0.482 e. The molecule has 4 atom stereocenters. The second-order valence-electron chi connectivity index (χ2n) is 20.5. The molecule has 97 heavy (non-hydrogen) atoms. The number of carboxylic acid groups (broad SMARTS) is 6. The summed E-state index contributed by atoms with van der Waals surface area (Å²) in [5.74, 6) is -2.84. The highest BCUT2D eigenvalue weighted by Crippen LogP contribution is 2.32. The molecule has 0 aliphatic carbocycles. The molecule has 8 aromatic carbocycles. The van der Waals surface area contributed by atoms with Gasteiger partial charge in [-0.15, -0.1) is 0 Å². The highest BCUT2D eigenvalue weighted by molar-refractivity contribution is 6.36. The van der Waals surface area contributed by atoms with Crippen LogP contribution in [0.5, 0.6) is 40.2 Å². The number of rotatable bonds is 21. The Morgan fingerprint density at radius 2 is 0.856 bits per heavy atom. The van der Waals surface area contributed by atoms with Crippen molar-refractivity contribution in [1.82, 2.24) is 0 Å². The molecule has 6 N–H and O–H groups in total. The summed E-state index contributed by atoms with van der Waals surface area (Å²) in [6.45, 7) is 14.2. The molecule has 8 rings (SSSR count). The van der Waals surface area contributed by atoms with Crippen LogP contribution in [0, 0.1) is 20.8 Å². The number of carboxylic acids is 6. The summed E-state index contributed by atoms with van der Waals surface area (Å²) in [5, 5.41) is 55.9. The fourth-order valence-electron chi connectivity index (χ4n) is 7.03. The van der Waals surface area contributed by atoms with Crippen molar-refractivity contribution in [2.24, 2.45) is 0 Å². The highest BCUT2D eigenvalue weighted by atomic mass is 35.5. The lowest BCUT2D eigenvalue weighted by atomic mass is 10.1. The second-order valence-corrected chi connectivity index (χ2v) is 23.1. The third kappa shape index (κ3) is 34.2. The summed E-state index contributed by atoms with van der Waals surface area (Å²) in [4.78, 5) is 73.8. The molecule has 0 fully saturated rings. The number of hydrogen-bond acceptors (Lipinski definition) is 15. The van der Waals surface area contributed by atoms with Gasteiger partial charge in [0.05, 0.1) is 12.1 Å². The summed E-state index contributed by atoms with van der Waals surface area (Å²) in [6.07, 6.45) is -3.28. The molecular formula is C70H72Cl6O21. The molecule has 8 aromatic rings. The third-order valence-corrected chi connectivity index (χ3v) is 13.3. The van der Waals surface area contributed by atoms with Gasteiger partial charge in [-0.25, -0.2) is 33.6 Å². The lowest BCUT2D eigenvalue weighted by Crippen LogP contribution is -2.37. The van der Waals surface area contributed by atoms with Gasteiger partial charge in [-0.05, 0) is 188 Å². The van der Waals surface area contributed by atoms with Crippen LogP contribution in [0.3, 0.4) is 0 Å². The smallest absolute Gasteiger partial charge is 0.347 e. The molecule has 0 saturated carbocycles. The number of aliphatic carboxylic acids is 6. The first-order valence-corrected chi connectivity index (χ1v) is 30.9. The van der Waals surface area contributed by atoms with E-state index in [1.54, 1.807) is 79.7 Å². The molecule has 0 saturated heterocycles. The van der Waals surface area contributed by atoms with Crippen LogP contribution in [0.4, 0.5) is 0 Å². The van der Waals surface area contributed by atoms with Crippen LogP contribution in [0.25, 0.3) is 10.8 Å². The lowest BCUT2D eigenvalue weighted by molar-refractivity contribution is -0.152. The van der Waals surface area contributed by atoms with Crippen LogP contribution in [0.1, 0.15) is 58.2 Å². The summed E-state index contributed by atoms with van der Waals surface area (Å²) >= 11 is 34.5. The number of hydrogen-bond donors (Lipinski definition) is 6. The number of esters is 1. The zero-order valence-corrected chi connectivity index (χ0v) is 58.5. The topological polar surface area (TPSA) is 315 Å². The minimum absolute atomic E-state index is 0.289. The van der Waals surface area contributed by atoms with Crippen molar-refractivity contribution in [3.05, 3.63) is 217 Å². The number of carbonyl (C=O) groups excluding carboxylic acids is 1. The normalized spacial score (nSPS) is 11.3. The number of halogens is 6. The number of ether oxygens (including phenoxy) is 8. The summed E-state index contributed by atoms with van der Waals surface area (Å²) in [6, 6.07) is 48.6. The first kappa shape index (κ1) is 83.7. The lowest BCUT2D eigenvalue weighted by Gasteiger charge is -2.21. The van der Waals surface area contributed by atoms with Crippen LogP contribution in [-0.4, -0.2) is 123 Å². The van der Waals surface area contributed by atoms with Crippen molar-refractivity contribution in [1.29, 1.82) is 0 Å². The minimum atomic E-state index is -1.18. The van der Waals surface area contributed by atoms with Crippen molar-refractivity contribution in [3.63, 3.8) is 0 Å². The van der Waals surface area contributed by atoms with Gasteiger partial charge in [0.1, 0.15) is 40.2 Å². The quantitative estimate of drug-likeness (QED) is 0.0364.